The van der Waals surface area contributed by atoms with Crippen LogP contribution in [0.4, 0.5) is 9.93 Å². The fourth-order valence-corrected chi connectivity index (χ4v) is 2.49. The second kappa shape index (κ2) is 7.08. The maximum absolute atomic E-state index is 11.8. The average Bonchev–Trinajstić information content (AvgIpc) is 2.94. The van der Waals surface area contributed by atoms with Gasteiger partial charge in [-0.25, -0.2) is 9.78 Å². The smallest absolute Gasteiger partial charge is 0.321 e. The molecule has 2 N–H and O–H groups in total. The Balaban J connectivity index is 1.83. The zero-order chi connectivity index (χ0) is 15.2. The fraction of sp³-hybridized carbons (Fsp3) is 0.333. The second-order valence-electron chi connectivity index (χ2n) is 4.88. The second-order valence-corrected chi connectivity index (χ2v) is 5.94. The van der Waals surface area contributed by atoms with Gasteiger partial charge in [0.1, 0.15) is 5.75 Å². The van der Waals surface area contributed by atoms with E-state index in [4.69, 9.17) is 4.74 Å². The summed E-state index contributed by atoms with van der Waals surface area (Å²) in [6, 6.07) is 7.31. The first-order valence-corrected chi connectivity index (χ1v) is 7.53. The lowest BCUT2D eigenvalue weighted by molar-refractivity contribution is 0.251. The SMILES string of the molecule is COc1ccc(CNC(=O)Nc2ncc(C(C)C)s2)cc1. The van der Waals surface area contributed by atoms with Crippen LogP contribution >= 0.6 is 11.3 Å². The van der Waals surface area contributed by atoms with Crippen molar-refractivity contribution in [3.8, 4) is 5.75 Å². The number of thiazole rings is 1. The average molecular weight is 305 g/mol. The molecule has 6 heteroatoms. The third-order valence-electron chi connectivity index (χ3n) is 2.93. The number of anilines is 1. The maximum atomic E-state index is 11.8. The summed E-state index contributed by atoms with van der Waals surface area (Å²) in [6.45, 7) is 4.65. The predicted octanol–water partition coefficient (Wildman–Crippen LogP) is 3.60. The molecular formula is C15H19N3O2S. The van der Waals surface area contributed by atoms with Gasteiger partial charge in [-0.1, -0.05) is 26.0 Å². The predicted molar refractivity (Wildman–Crippen MR) is 85.1 cm³/mol. The van der Waals surface area contributed by atoms with Crippen LogP contribution in [0.3, 0.4) is 0 Å². The first-order valence-electron chi connectivity index (χ1n) is 6.72. The number of hydrogen-bond acceptors (Lipinski definition) is 4. The molecular weight excluding hydrogens is 286 g/mol. The minimum atomic E-state index is -0.254. The lowest BCUT2D eigenvalue weighted by atomic mass is 10.2. The summed E-state index contributed by atoms with van der Waals surface area (Å²) in [7, 11) is 1.63. The van der Waals surface area contributed by atoms with E-state index in [1.165, 1.54) is 11.3 Å². The molecule has 0 bridgehead atoms. The van der Waals surface area contributed by atoms with Gasteiger partial charge in [0.2, 0.25) is 0 Å². The third kappa shape index (κ3) is 4.46. The molecule has 112 valence electrons. The molecule has 1 aromatic heterocycles. The Kier molecular flexibility index (Phi) is 5.16. The van der Waals surface area contributed by atoms with E-state index in [2.05, 4.69) is 29.5 Å². The minimum absolute atomic E-state index is 0.254. The van der Waals surface area contributed by atoms with Crippen LogP contribution in [0.25, 0.3) is 0 Å². The molecule has 2 aromatic rings. The van der Waals surface area contributed by atoms with Gasteiger partial charge in [0.25, 0.3) is 0 Å². The Labute approximate surface area is 128 Å². The Morgan fingerprint density at radius 3 is 2.62 bits per heavy atom. The number of carbonyl (C=O) groups excluding carboxylic acids is 1. The summed E-state index contributed by atoms with van der Waals surface area (Å²) in [5.41, 5.74) is 1.01. The van der Waals surface area contributed by atoms with E-state index < -0.39 is 0 Å². The molecule has 5 nitrogen and oxygen atoms in total. The molecule has 0 saturated carbocycles. The van der Waals surface area contributed by atoms with Gasteiger partial charge in [-0.2, -0.15) is 0 Å². The van der Waals surface area contributed by atoms with Crippen LogP contribution in [0.15, 0.2) is 30.5 Å². The van der Waals surface area contributed by atoms with Crippen molar-refractivity contribution in [2.45, 2.75) is 26.3 Å². The van der Waals surface area contributed by atoms with Gasteiger partial charge in [0, 0.05) is 17.6 Å². The third-order valence-corrected chi connectivity index (χ3v) is 4.14. The van der Waals surface area contributed by atoms with Gasteiger partial charge >= 0.3 is 6.03 Å². The number of aromatic nitrogens is 1. The highest BCUT2D eigenvalue weighted by molar-refractivity contribution is 7.15. The number of methoxy groups -OCH3 is 1. The zero-order valence-corrected chi connectivity index (χ0v) is 13.2. The molecule has 0 unspecified atom stereocenters. The number of rotatable bonds is 5. The lowest BCUT2D eigenvalue weighted by Gasteiger charge is -2.06. The van der Waals surface area contributed by atoms with Crippen LogP contribution in [0.5, 0.6) is 5.75 Å². The van der Waals surface area contributed by atoms with Crippen molar-refractivity contribution in [1.29, 1.82) is 0 Å². The van der Waals surface area contributed by atoms with Gasteiger partial charge in [-0.15, -0.1) is 11.3 Å². The lowest BCUT2D eigenvalue weighted by Crippen LogP contribution is -2.28. The largest absolute Gasteiger partial charge is 0.497 e. The quantitative estimate of drug-likeness (QED) is 0.887. The molecule has 0 aliphatic heterocycles. The van der Waals surface area contributed by atoms with Gasteiger partial charge in [-0.3, -0.25) is 5.32 Å². The van der Waals surface area contributed by atoms with Crippen molar-refractivity contribution in [3.05, 3.63) is 40.9 Å². The van der Waals surface area contributed by atoms with E-state index in [-0.39, 0.29) is 6.03 Å². The van der Waals surface area contributed by atoms with Crippen LogP contribution in [0.2, 0.25) is 0 Å². The van der Waals surface area contributed by atoms with Crippen LogP contribution in [-0.4, -0.2) is 18.1 Å². The molecule has 0 fully saturated rings. The summed E-state index contributed by atoms with van der Waals surface area (Å²) in [5.74, 6) is 1.22. The molecule has 2 amide bonds. The van der Waals surface area contributed by atoms with Crippen molar-refractivity contribution in [2.75, 3.05) is 12.4 Å². The highest BCUT2D eigenvalue weighted by Crippen LogP contribution is 2.24. The minimum Gasteiger partial charge on any atom is -0.497 e. The van der Waals surface area contributed by atoms with Crippen LogP contribution in [0, 0.1) is 0 Å². The Hall–Kier alpha value is -2.08. The summed E-state index contributed by atoms with van der Waals surface area (Å²) >= 11 is 1.50. The molecule has 0 aliphatic rings. The van der Waals surface area contributed by atoms with Crippen molar-refractivity contribution < 1.29 is 9.53 Å². The number of carbonyl (C=O) groups is 1. The first kappa shape index (κ1) is 15.3. The van der Waals surface area contributed by atoms with Gasteiger partial charge < -0.3 is 10.1 Å². The number of urea groups is 1. The van der Waals surface area contributed by atoms with Crippen LogP contribution in [-0.2, 0) is 6.54 Å². The van der Waals surface area contributed by atoms with Gasteiger partial charge in [0.05, 0.1) is 7.11 Å². The van der Waals surface area contributed by atoms with E-state index in [1.54, 1.807) is 13.3 Å². The Bertz CT molecular complexity index is 593. The Morgan fingerprint density at radius 1 is 1.33 bits per heavy atom. The zero-order valence-electron chi connectivity index (χ0n) is 12.3. The number of nitrogens with one attached hydrogen (secondary N) is 2. The topological polar surface area (TPSA) is 63.2 Å². The molecule has 1 heterocycles. The van der Waals surface area contributed by atoms with Crippen molar-refractivity contribution in [3.63, 3.8) is 0 Å². The van der Waals surface area contributed by atoms with E-state index in [9.17, 15) is 4.79 Å². The first-order chi connectivity index (χ1) is 10.1. The summed E-state index contributed by atoms with van der Waals surface area (Å²) < 4.78 is 5.09. The summed E-state index contributed by atoms with van der Waals surface area (Å²) in [4.78, 5) is 17.1. The summed E-state index contributed by atoms with van der Waals surface area (Å²) in [5, 5.41) is 6.16. The van der Waals surface area contributed by atoms with Crippen LogP contribution < -0.4 is 15.4 Å². The normalized spacial score (nSPS) is 10.5. The molecule has 0 radical (unpaired) electrons. The fourth-order valence-electron chi connectivity index (χ4n) is 1.68. The number of hydrogen-bond donors (Lipinski definition) is 2. The van der Waals surface area contributed by atoms with E-state index in [1.807, 2.05) is 24.3 Å². The molecule has 0 spiro atoms. The van der Waals surface area contributed by atoms with Gasteiger partial charge in [0.15, 0.2) is 5.13 Å². The van der Waals surface area contributed by atoms with Gasteiger partial charge in [-0.05, 0) is 23.6 Å². The standard InChI is InChI=1S/C15H19N3O2S/c1-10(2)13-9-17-15(21-13)18-14(19)16-8-11-4-6-12(20-3)7-5-11/h4-7,9-10H,8H2,1-3H3,(H2,16,17,18,19). The monoisotopic (exact) mass is 305 g/mol. The van der Waals surface area contributed by atoms with E-state index in [0.29, 0.717) is 17.6 Å². The molecule has 2 rings (SSSR count). The van der Waals surface area contributed by atoms with E-state index >= 15 is 0 Å². The molecule has 1 aromatic carbocycles. The maximum Gasteiger partial charge on any atom is 0.321 e. The number of benzene rings is 1. The molecule has 0 aliphatic carbocycles. The highest BCUT2D eigenvalue weighted by atomic mass is 32.1. The molecule has 21 heavy (non-hydrogen) atoms. The van der Waals surface area contributed by atoms with Crippen molar-refractivity contribution in [1.82, 2.24) is 10.3 Å². The van der Waals surface area contributed by atoms with Crippen molar-refractivity contribution >= 4 is 22.5 Å². The number of amides is 2. The number of ether oxygens (including phenoxy) is 1. The summed E-state index contributed by atoms with van der Waals surface area (Å²) in [6.07, 6.45) is 1.80. The van der Waals surface area contributed by atoms with Crippen molar-refractivity contribution in [2.24, 2.45) is 0 Å². The molecule has 0 saturated heterocycles. The van der Waals surface area contributed by atoms with E-state index in [0.717, 1.165) is 16.2 Å². The Morgan fingerprint density at radius 2 is 2.05 bits per heavy atom. The number of nitrogens with zero attached hydrogens (tertiary/aromatic N) is 1. The van der Waals surface area contributed by atoms with Crippen LogP contribution in [0.1, 0.15) is 30.2 Å². The highest BCUT2D eigenvalue weighted by Gasteiger charge is 2.08. The molecule has 0 atom stereocenters.